The van der Waals surface area contributed by atoms with E-state index in [-0.39, 0.29) is 5.15 Å². The highest BCUT2D eigenvalue weighted by Crippen LogP contribution is 2.39. The van der Waals surface area contributed by atoms with Crippen LogP contribution in [0, 0.1) is 0 Å². The summed E-state index contributed by atoms with van der Waals surface area (Å²) in [7, 11) is 1.32. The summed E-state index contributed by atoms with van der Waals surface area (Å²) in [6.45, 7) is 0. The van der Waals surface area contributed by atoms with Crippen LogP contribution < -0.4 is 0 Å². The van der Waals surface area contributed by atoms with Gasteiger partial charge in [0.1, 0.15) is 0 Å². The molecule has 18 heavy (non-hydrogen) atoms. The van der Waals surface area contributed by atoms with Gasteiger partial charge in [0.05, 0.1) is 12.8 Å². The number of halogens is 1. The molecule has 0 saturated heterocycles. The topological polar surface area (TPSA) is 57.0 Å². The second kappa shape index (κ2) is 4.37. The van der Waals surface area contributed by atoms with Gasteiger partial charge in [0, 0.05) is 12.1 Å². The van der Waals surface area contributed by atoms with Crippen molar-refractivity contribution in [2.24, 2.45) is 0 Å². The van der Waals surface area contributed by atoms with Crippen LogP contribution >= 0.6 is 22.9 Å². The first-order valence-corrected chi connectivity index (χ1v) is 6.69. The molecule has 0 spiro atoms. The molecule has 0 unspecified atom stereocenters. The van der Waals surface area contributed by atoms with Crippen molar-refractivity contribution in [3.63, 3.8) is 0 Å². The third kappa shape index (κ3) is 2.02. The maximum atomic E-state index is 11.4. The highest BCUT2D eigenvalue weighted by atomic mass is 35.5. The molecule has 5 nitrogen and oxygen atoms in total. The highest BCUT2D eigenvalue weighted by molar-refractivity contribution is 7.16. The fourth-order valence-corrected chi connectivity index (χ4v) is 2.78. The van der Waals surface area contributed by atoms with E-state index in [1.807, 2.05) is 12.3 Å². The van der Waals surface area contributed by atoms with Gasteiger partial charge in [0.2, 0.25) is 5.13 Å². The van der Waals surface area contributed by atoms with Crippen molar-refractivity contribution in [2.45, 2.75) is 18.8 Å². The van der Waals surface area contributed by atoms with Gasteiger partial charge < -0.3 is 4.74 Å². The average molecular weight is 284 g/mol. The Morgan fingerprint density at radius 2 is 2.39 bits per heavy atom. The molecule has 1 saturated carbocycles. The molecule has 1 aliphatic rings. The van der Waals surface area contributed by atoms with Gasteiger partial charge in [-0.1, -0.05) is 22.9 Å². The van der Waals surface area contributed by atoms with Crippen LogP contribution in [0.5, 0.6) is 0 Å². The van der Waals surface area contributed by atoms with Crippen molar-refractivity contribution < 1.29 is 9.53 Å². The normalized spacial score (nSPS) is 14.8. The van der Waals surface area contributed by atoms with E-state index >= 15 is 0 Å². The van der Waals surface area contributed by atoms with E-state index in [1.54, 1.807) is 4.68 Å². The quantitative estimate of drug-likeness (QED) is 0.813. The van der Waals surface area contributed by atoms with Crippen molar-refractivity contribution >= 4 is 28.9 Å². The smallest absolute Gasteiger partial charge is 0.351 e. The van der Waals surface area contributed by atoms with Crippen LogP contribution in [0.3, 0.4) is 0 Å². The number of nitrogens with zero attached hydrogens (tertiary/aromatic N) is 3. The molecule has 0 radical (unpaired) electrons. The number of methoxy groups -OCH3 is 1. The fraction of sp³-hybridized carbons (Fsp3) is 0.364. The van der Waals surface area contributed by atoms with Crippen LogP contribution in [-0.4, -0.2) is 27.8 Å². The first-order chi connectivity index (χ1) is 8.69. The Kier molecular flexibility index (Phi) is 2.83. The largest absolute Gasteiger partial charge is 0.465 e. The van der Waals surface area contributed by atoms with Gasteiger partial charge in [-0.05, 0) is 18.9 Å². The number of thiazole rings is 1. The van der Waals surface area contributed by atoms with Gasteiger partial charge >= 0.3 is 5.97 Å². The molecule has 1 aliphatic carbocycles. The number of carbonyl (C=O) groups is 1. The van der Waals surface area contributed by atoms with Crippen LogP contribution in [0.4, 0.5) is 0 Å². The van der Waals surface area contributed by atoms with Gasteiger partial charge in [-0.2, -0.15) is 5.10 Å². The summed E-state index contributed by atoms with van der Waals surface area (Å²) in [5.41, 5.74) is 1.07. The molecule has 2 heterocycles. The van der Waals surface area contributed by atoms with E-state index in [9.17, 15) is 4.79 Å². The highest BCUT2D eigenvalue weighted by Gasteiger charge is 2.26. The maximum Gasteiger partial charge on any atom is 0.351 e. The summed E-state index contributed by atoms with van der Waals surface area (Å²) in [6, 6.07) is 1.98. The second-order valence-electron chi connectivity index (χ2n) is 4.07. The number of hydrogen-bond acceptors (Lipinski definition) is 5. The molecule has 7 heteroatoms. The first kappa shape index (κ1) is 11.7. The Labute approximate surface area is 112 Å². The SMILES string of the molecule is COC(=O)c1sc(-n2ccc(C3CC3)n2)nc1Cl. The van der Waals surface area contributed by atoms with Crippen LogP contribution in [0.15, 0.2) is 12.3 Å². The molecule has 0 atom stereocenters. The first-order valence-electron chi connectivity index (χ1n) is 5.49. The lowest BCUT2D eigenvalue weighted by molar-refractivity contribution is 0.0606. The van der Waals surface area contributed by atoms with E-state index < -0.39 is 5.97 Å². The zero-order valence-electron chi connectivity index (χ0n) is 9.59. The zero-order chi connectivity index (χ0) is 12.7. The Bertz CT molecular complexity index is 603. The van der Waals surface area contributed by atoms with E-state index in [4.69, 9.17) is 11.6 Å². The summed E-state index contributed by atoms with van der Waals surface area (Å²) < 4.78 is 6.29. The molecular weight excluding hydrogens is 274 g/mol. The number of carbonyl (C=O) groups excluding carboxylic acids is 1. The number of rotatable bonds is 3. The molecule has 0 amide bonds. The third-order valence-electron chi connectivity index (χ3n) is 2.75. The average Bonchev–Trinajstić information content (AvgIpc) is 2.97. The monoisotopic (exact) mass is 283 g/mol. The predicted octanol–water partition coefficient (Wildman–Crippen LogP) is 2.65. The lowest BCUT2D eigenvalue weighted by atomic mass is 10.3. The molecular formula is C11H10ClN3O2S. The van der Waals surface area contributed by atoms with E-state index in [2.05, 4.69) is 14.8 Å². The summed E-state index contributed by atoms with van der Waals surface area (Å²) in [4.78, 5) is 15.9. The molecule has 0 aliphatic heterocycles. The molecule has 94 valence electrons. The minimum absolute atomic E-state index is 0.158. The van der Waals surface area contributed by atoms with Crippen molar-refractivity contribution in [3.8, 4) is 5.13 Å². The zero-order valence-corrected chi connectivity index (χ0v) is 11.2. The summed E-state index contributed by atoms with van der Waals surface area (Å²) in [6.07, 6.45) is 4.23. The lowest BCUT2D eigenvalue weighted by Crippen LogP contribution is -1.98. The van der Waals surface area contributed by atoms with Gasteiger partial charge in [0.15, 0.2) is 10.0 Å². The molecule has 0 N–H and O–H groups in total. The van der Waals surface area contributed by atoms with Gasteiger partial charge in [-0.3, -0.25) is 0 Å². The Balaban J connectivity index is 1.93. The van der Waals surface area contributed by atoms with Crippen molar-refractivity contribution in [1.82, 2.24) is 14.8 Å². The lowest BCUT2D eigenvalue weighted by Gasteiger charge is -1.93. The van der Waals surface area contributed by atoms with Gasteiger partial charge in [-0.25, -0.2) is 14.5 Å². The van der Waals surface area contributed by atoms with Gasteiger partial charge in [-0.15, -0.1) is 0 Å². The Morgan fingerprint density at radius 3 is 3.06 bits per heavy atom. The number of hydrogen-bond donors (Lipinski definition) is 0. The Morgan fingerprint density at radius 1 is 1.61 bits per heavy atom. The summed E-state index contributed by atoms with van der Waals surface area (Å²) in [5.74, 6) is 0.111. The van der Waals surface area contributed by atoms with Crippen molar-refractivity contribution in [3.05, 3.63) is 28.0 Å². The van der Waals surface area contributed by atoms with Gasteiger partial charge in [0.25, 0.3) is 0 Å². The van der Waals surface area contributed by atoms with E-state index in [0.717, 1.165) is 5.69 Å². The molecule has 2 aromatic heterocycles. The fourth-order valence-electron chi connectivity index (χ4n) is 1.65. The van der Waals surface area contributed by atoms with E-state index in [1.165, 1.54) is 31.3 Å². The van der Waals surface area contributed by atoms with Crippen LogP contribution in [-0.2, 0) is 4.74 Å². The molecule has 3 rings (SSSR count). The minimum Gasteiger partial charge on any atom is -0.465 e. The molecule has 0 aromatic carbocycles. The number of aromatic nitrogens is 3. The van der Waals surface area contributed by atoms with Crippen molar-refractivity contribution in [1.29, 1.82) is 0 Å². The van der Waals surface area contributed by atoms with Crippen LogP contribution in [0.25, 0.3) is 5.13 Å². The maximum absolute atomic E-state index is 11.4. The standard InChI is InChI=1S/C11H10ClN3O2S/c1-17-10(16)8-9(12)13-11(18-8)15-5-4-7(14-15)6-2-3-6/h4-6H,2-3H2,1H3. The third-order valence-corrected chi connectivity index (χ3v) is 4.16. The number of ether oxygens (including phenoxy) is 1. The Hall–Kier alpha value is -1.40. The second-order valence-corrected chi connectivity index (χ2v) is 5.40. The molecule has 2 aromatic rings. The van der Waals surface area contributed by atoms with Crippen molar-refractivity contribution in [2.75, 3.05) is 7.11 Å². The van der Waals surface area contributed by atoms with Crippen LogP contribution in [0.1, 0.15) is 34.1 Å². The molecule has 0 bridgehead atoms. The van der Waals surface area contributed by atoms with E-state index in [0.29, 0.717) is 15.9 Å². The van der Waals surface area contributed by atoms with Crippen LogP contribution in [0.2, 0.25) is 5.15 Å². The predicted molar refractivity (Wildman–Crippen MR) is 67.6 cm³/mol. The molecule has 1 fully saturated rings. The number of esters is 1. The minimum atomic E-state index is -0.474. The summed E-state index contributed by atoms with van der Waals surface area (Å²) in [5, 5.41) is 5.17. The summed E-state index contributed by atoms with van der Waals surface area (Å²) >= 11 is 7.08.